The standard InChI is InChI=1S/C27H24Cl2FN3O9S2/c1-40-27(35)25(32-44(38,39)22-9-7-20(8-10-22)42-21-14-16(28)13-17(29)15-21)24-23(11-12-41-43(2,36)37)31-33(26(24)34)19-5-3-18(30)4-6-19/h3-10,13-15,25,31-32H,11-12H2,1-2H3. The molecule has 2 N–H and O–H groups in total. The van der Waals surface area contributed by atoms with Crippen LogP contribution >= 0.6 is 23.2 Å². The molecule has 0 saturated heterocycles. The molecule has 3 aromatic carbocycles. The Morgan fingerprint density at radius 3 is 2.16 bits per heavy atom. The van der Waals surface area contributed by atoms with E-state index in [4.69, 9.17) is 36.9 Å². The molecular weight excluding hydrogens is 664 g/mol. The second-order valence-electron chi connectivity index (χ2n) is 9.15. The van der Waals surface area contributed by atoms with Crippen molar-refractivity contribution in [2.45, 2.75) is 17.4 Å². The second-order valence-corrected chi connectivity index (χ2v) is 13.4. The minimum Gasteiger partial charge on any atom is -0.468 e. The number of ether oxygens (including phenoxy) is 2. The van der Waals surface area contributed by atoms with Gasteiger partial charge in [-0.25, -0.2) is 22.3 Å². The van der Waals surface area contributed by atoms with Gasteiger partial charge in [-0.1, -0.05) is 23.2 Å². The molecule has 1 atom stereocenters. The van der Waals surface area contributed by atoms with Gasteiger partial charge in [0, 0.05) is 22.2 Å². The summed E-state index contributed by atoms with van der Waals surface area (Å²) < 4.78 is 81.8. The highest BCUT2D eigenvalue weighted by atomic mass is 35.5. The molecule has 44 heavy (non-hydrogen) atoms. The molecule has 4 rings (SSSR count). The monoisotopic (exact) mass is 687 g/mol. The van der Waals surface area contributed by atoms with Crippen molar-refractivity contribution in [3.8, 4) is 17.2 Å². The number of hydrogen-bond acceptors (Lipinski definition) is 9. The first-order valence-corrected chi connectivity index (χ1v) is 16.5. The minimum absolute atomic E-state index is 0.0370. The van der Waals surface area contributed by atoms with Gasteiger partial charge < -0.3 is 9.47 Å². The number of methoxy groups -OCH3 is 1. The number of sulfonamides is 1. The van der Waals surface area contributed by atoms with Crippen molar-refractivity contribution in [2.75, 3.05) is 20.0 Å². The van der Waals surface area contributed by atoms with E-state index in [9.17, 15) is 30.8 Å². The number of benzene rings is 3. The maximum Gasteiger partial charge on any atom is 0.328 e. The molecule has 12 nitrogen and oxygen atoms in total. The summed E-state index contributed by atoms with van der Waals surface area (Å²) in [6.45, 7) is -0.449. The lowest BCUT2D eigenvalue weighted by molar-refractivity contribution is -0.142. The van der Waals surface area contributed by atoms with Gasteiger partial charge in [0.25, 0.3) is 15.7 Å². The van der Waals surface area contributed by atoms with Gasteiger partial charge in [-0.05, 0) is 66.7 Å². The number of halogens is 3. The highest BCUT2D eigenvalue weighted by molar-refractivity contribution is 7.89. The summed E-state index contributed by atoms with van der Waals surface area (Å²) in [5, 5.41) is 3.38. The highest BCUT2D eigenvalue weighted by Gasteiger charge is 2.34. The molecule has 0 aliphatic carbocycles. The van der Waals surface area contributed by atoms with Crippen LogP contribution in [0.25, 0.3) is 5.69 Å². The SMILES string of the molecule is COC(=O)C(NS(=O)(=O)c1ccc(Oc2cc(Cl)cc(Cl)c2)cc1)c1c(CCOS(C)(=O)=O)[nH]n(-c2ccc(F)cc2)c1=O. The first-order valence-electron chi connectivity index (χ1n) is 12.4. The smallest absolute Gasteiger partial charge is 0.328 e. The van der Waals surface area contributed by atoms with Crippen LogP contribution in [0.5, 0.6) is 11.5 Å². The lowest BCUT2D eigenvalue weighted by atomic mass is 10.1. The van der Waals surface area contributed by atoms with E-state index in [1.165, 1.54) is 54.6 Å². The van der Waals surface area contributed by atoms with Gasteiger partial charge in [0.15, 0.2) is 6.04 Å². The van der Waals surface area contributed by atoms with Gasteiger partial charge in [-0.15, -0.1) is 0 Å². The normalized spacial score (nSPS) is 12.6. The van der Waals surface area contributed by atoms with Gasteiger partial charge in [0.2, 0.25) is 10.0 Å². The number of aromatic nitrogens is 2. The van der Waals surface area contributed by atoms with E-state index in [0.717, 1.165) is 30.2 Å². The quantitative estimate of drug-likeness (QED) is 0.165. The van der Waals surface area contributed by atoms with E-state index >= 15 is 0 Å². The first kappa shape index (κ1) is 33.2. The van der Waals surface area contributed by atoms with Crippen LogP contribution in [0.4, 0.5) is 4.39 Å². The van der Waals surface area contributed by atoms with Crippen molar-refractivity contribution >= 4 is 49.3 Å². The van der Waals surface area contributed by atoms with Gasteiger partial charge in [0.05, 0.1) is 36.1 Å². The Hall–Kier alpha value is -3.73. The van der Waals surface area contributed by atoms with Crippen molar-refractivity contribution < 1.29 is 39.7 Å². The predicted octanol–water partition coefficient (Wildman–Crippen LogP) is 4.12. The summed E-state index contributed by atoms with van der Waals surface area (Å²) in [5.41, 5.74) is -1.16. The third kappa shape index (κ3) is 8.25. The second kappa shape index (κ2) is 13.5. The van der Waals surface area contributed by atoms with Crippen molar-refractivity contribution in [1.82, 2.24) is 14.5 Å². The van der Waals surface area contributed by atoms with Gasteiger partial charge in [-0.3, -0.25) is 14.1 Å². The van der Waals surface area contributed by atoms with Crippen molar-refractivity contribution in [3.05, 3.63) is 104 Å². The Labute approximate surface area is 261 Å². The topological polar surface area (TPSA) is 163 Å². The van der Waals surface area contributed by atoms with E-state index in [1.807, 2.05) is 0 Å². The van der Waals surface area contributed by atoms with Crippen molar-refractivity contribution in [2.24, 2.45) is 0 Å². The highest BCUT2D eigenvalue weighted by Crippen LogP contribution is 2.29. The maximum atomic E-state index is 13.6. The molecule has 234 valence electrons. The number of hydrogen-bond donors (Lipinski definition) is 2. The molecule has 4 aromatic rings. The summed E-state index contributed by atoms with van der Waals surface area (Å²) >= 11 is 12.0. The molecule has 0 bridgehead atoms. The van der Waals surface area contributed by atoms with E-state index in [2.05, 4.69) is 9.82 Å². The Morgan fingerprint density at radius 1 is 0.977 bits per heavy atom. The number of rotatable bonds is 12. The summed E-state index contributed by atoms with van der Waals surface area (Å²) in [6, 6.07) is 12.5. The van der Waals surface area contributed by atoms with Crippen LogP contribution in [0.1, 0.15) is 17.3 Å². The summed E-state index contributed by atoms with van der Waals surface area (Å²) in [4.78, 5) is 26.2. The maximum absolute atomic E-state index is 13.6. The lowest BCUT2D eigenvalue weighted by Gasteiger charge is -2.17. The number of carbonyl (C=O) groups excluding carboxylic acids is 1. The number of aromatic amines is 1. The fraction of sp³-hybridized carbons (Fsp3) is 0.185. The minimum atomic E-state index is -4.49. The van der Waals surface area contributed by atoms with Crippen LogP contribution in [0.2, 0.25) is 10.0 Å². The van der Waals surface area contributed by atoms with Crippen LogP contribution in [-0.4, -0.2) is 52.6 Å². The zero-order chi connectivity index (χ0) is 32.2. The Kier molecular flexibility index (Phi) is 10.2. The van der Waals surface area contributed by atoms with Gasteiger partial charge in [0.1, 0.15) is 17.3 Å². The molecule has 0 spiro atoms. The third-order valence-corrected chi connectivity index (χ3v) is 8.41. The average Bonchev–Trinajstić information content (AvgIpc) is 3.26. The van der Waals surface area contributed by atoms with E-state index < -0.39 is 50.1 Å². The van der Waals surface area contributed by atoms with E-state index in [1.54, 1.807) is 0 Å². The number of nitrogens with zero attached hydrogens (tertiary/aromatic N) is 1. The molecule has 17 heteroatoms. The van der Waals surface area contributed by atoms with Crippen LogP contribution in [0.15, 0.2) is 76.4 Å². The Morgan fingerprint density at radius 2 is 1.59 bits per heavy atom. The molecule has 0 aliphatic rings. The zero-order valence-electron chi connectivity index (χ0n) is 22.9. The van der Waals surface area contributed by atoms with Crippen LogP contribution in [-0.2, 0) is 40.3 Å². The zero-order valence-corrected chi connectivity index (χ0v) is 26.1. The van der Waals surface area contributed by atoms with Crippen molar-refractivity contribution in [3.63, 3.8) is 0 Å². The predicted molar refractivity (Wildman–Crippen MR) is 159 cm³/mol. The van der Waals surface area contributed by atoms with E-state index in [0.29, 0.717) is 15.8 Å². The average molecular weight is 689 g/mol. The fourth-order valence-electron chi connectivity index (χ4n) is 4.03. The number of carbonyl (C=O) groups is 1. The number of nitrogens with one attached hydrogen (secondary N) is 2. The molecular formula is C27H24Cl2FN3O9S2. The fourth-order valence-corrected chi connectivity index (χ4v) is 6.07. The van der Waals surface area contributed by atoms with Crippen LogP contribution < -0.4 is 15.0 Å². The molecule has 1 heterocycles. The summed E-state index contributed by atoms with van der Waals surface area (Å²) in [6.07, 6.45) is 0.562. The molecule has 0 amide bonds. The van der Waals surface area contributed by atoms with Gasteiger partial charge >= 0.3 is 5.97 Å². The lowest BCUT2D eigenvalue weighted by Crippen LogP contribution is -2.38. The van der Waals surface area contributed by atoms with Crippen molar-refractivity contribution in [1.29, 1.82) is 0 Å². The summed E-state index contributed by atoms with van der Waals surface area (Å²) in [7, 11) is -7.36. The van der Waals surface area contributed by atoms with Crippen LogP contribution in [0, 0.1) is 5.82 Å². The Bertz CT molecular complexity index is 1930. The Balaban J connectivity index is 1.69. The first-order chi connectivity index (χ1) is 20.7. The summed E-state index contributed by atoms with van der Waals surface area (Å²) in [5.74, 6) is -1.17. The molecule has 0 aliphatic heterocycles. The molecule has 1 aromatic heterocycles. The molecule has 0 fully saturated rings. The largest absolute Gasteiger partial charge is 0.468 e. The third-order valence-electron chi connectivity index (χ3n) is 5.94. The molecule has 1 unspecified atom stereocenters. The van der Waals surface area contributed by atoms with E-state index in [-0.39, 0.29) is 34.0 Å². The number of H-pyrrole nitrogens is 1. The molecule has 0 radical (unpaired) electrons. The van der Waals surface area contributed by atoms with Crippen LogP contribution in [0.3, 0.4) is 0 Å². The van der Waals surface area contributed by atoms with Gasteiger partial charge in [-0.2, -0.15) is 13.1 Å². The molecule has 0 saturated carbocycles. The number of esters is 1.